The van der Waals surface area contributed by atoms with Gasteiger partial charge in [-0.05, 0) is 44.5 Å². The van der Waals surface area contributed by atoms with Crippen molar-refractivity contribution in [3.63, 3.8) is 0 Å². The number of para-hydroxylation sites is 1. The number of rotatable bonds is 3. The Kier molecular flexibility index (Phi) is 3.19. The first-order valence-electron chi connectivity index (χ1n) is 7.13. The first-order valence-corrected chi connectivity index (χ1v) is 7.13. The van der Waals surface area contributed by atoms with Gasteiger partial charge in [0.2, 0.25) is 0 Å². The molecule has 4 heteroatoms. The number of aryl methyl sites for hydroxylation is 1. The van der Waals surface area contributed by atoms with Crippen LogP contribution in [-0.2, 0) is 6.54 Å². The predicted molar refractivity (Wildman–Crippen MR) is 77.6 cm³/mol. The van der Waals surface area contributed by atoms with Crippen LogP contribution in [0.25, 0.3) is 11.0 Å². The van der Waals surface area contributed by atoms with Crippen LogP contribution in [0.4, 0.5) is 0 Å². The fourth-order valence-corrected chi connectivity index (χ4v) is 3.31. The molecule has 0 bridgehead atoms. The summed E-state index contributed by atoms with van der Waals surface area (Å²) in [6.07, 6.45) is 2.44. The van der Waals surface area contributed by atoms with E-state index in [9.17, 15) is 4.79 Å². The maximum Gasteiger partial charge on any atom is 0.326 e. The third-order valence-corrected chi connectivity index (χ3v) is 4.29. The van der Waals surface area contributed by atoms with Crippen molar-refractivity contribution < 1.29 is 0 Å². The Hall–Kier alpha value is -1.55. The average molecular weight is 259 g/mol. The summed E-state index contributed by atoms with van der Waals surface area (Å²) in [5.41, 5.74) is 3.20. The van der Waals surface area contributed by atoms with Gasteiger partial charge in [-0.15, -0.1) is 0 Å². The second kappa shape index (κ2) is 4.85. The summed E-state index contributed by atoms with van der Waals surface area (Å²) in [6, 6.07) is 6.54. The third-order valence-electron chi connectivity index (χ3n) is 4.29. The van der Waals surface area contributed by atoms with Gasteiger partial charge in [0, 0.05) is 12.6 Å². The van der Waals surface area contributed by atoms with E-state index in [4.69, 9.17) is 0 Å². The first kappa shape index (κ1) is 12.5. The number of aromatic amines is 1. The summed E-state index contributed by atoms with van der Waals surface area (Å²) < 4.78 is 1.92. The lowest BCUT2D eigenvalue weighted by atomic mass is 10.2. The van der Waals surface area contributed by atoms with E-state index >= 15 is 0 Å². The molecule has 19 heavy (non-hydrogen) atoms. The third kappa shape index (κ3) is 2.10. The summed E-state index contributed by atoms with van der Waals surface area (Å²) in [7, 11) is 0. The highest BCUT2D eigenvalue weighted by Crippen LogP contribution is 2.21. The van der Waals surface area contributed by atoms with Crippen LogP contribution in [0.3, 0.4) is 0 Å². The van der Waals surface area contributed by atoms with Crippen LogP contribution >= 0.6 is 0 Å². The second-order valence-electron chi connectivity index (χ2n) is 5.44. The molecule has 0 aliphatic carbocycles. The highest BCUT2D eigenvalue weighted by molar-refractivity contribution is 5.78. The van der Waals surface area contributed by atoms with Gasteiger partial charge < -0.3 is 4.98 Å². The minimum atomic E-state index is 0.0206. The molecule has 2 aromatic rings. The lowest BCUT2D eigenvalue weighted by molar-refractivity contribution is 0.244. The molecular weight excluding hydrogens is 238 g/mol. The van der Waals surface area contributed by atoms with Gasteiger partial charge in [-0.3, -0.25) is 9.47 Å². The number of benzene rings is 1. The number of imidazole rings is 1. The van der Waals surface area contributed by atoms with Gasteiger partial charge in [0.15, 0.2) is 0 Å². The van der Waals surface area contributed by atoms with E-state index in [2.05, 4.69) is 29.8 Å². The Morgan fingerprint density at radius 2 is 2.26 bits per heavy atom. The van der Waals surface area contributed by atoms with Crippen LogP contribution in [0.15, 0.2) is 23.0 Å². The average Bonchev–Trinajstić information content (AvgIpc) is 2.96. The largest absolute Gasteiger partial charge is 0.326 e. The monoisotopic (exact) mass is 259 g/mol. The Labute approximate surface area is 113 Å². The summed E-state index contributed by atoms with van der Waals surface area (Å²) in [5, 5.41) is 0. The maximum absolute atomic E-state index is 12.2. The van der Waals surface area contributed by atoms with Crippen molar-refractivity contribution in [2.75, 3.05) is 13.1 Å². The maximum atomic E-state index is 12.2. The molecule has 1 saturated heterocycles. The fraction of sp³-hybridized carbons (Fsp3) is 0.533. The van der Waals surface area contributed by atoms with Crippen LogP contribution < -0.4 is 5.69 Å². The molecule has 1 unspecified atom stereocenters. The van der Waals surface area contributed by atoms with Crippen molar-refractivity contribution in [1.82, 2.24) is 14.5 Å². The van der Waals surface area contributed by atoms with Crippen molar-refractivity contribution in [2.24, 2.45) is 0 Å². The zero-order valence-corrected chi connectivity index (χ0v) is 11.6. The number of likely N-dealkylation sites (N-methyl/N-ethyl adjacent to an activating group) is 1. The number of H-pyrrole nitrogens is 1. The van der Waals surface area contributed by atoms with Crippen molar-refractivity contribution in [2.45, 2.75) is 39.3 Å². The lowest BCUT2D eigenvalue weighted by Crippen LogP contribution is -2.35. The number of hydrogen-bond donors (Lipinski definition) is 1. The van der Waals surface area contributed by atoms with E-state index in [1.54, 1.807) is 0 Å². The van der Waals surface area contributed by atoms with E-state index in [-0.39, 0.29) is 5.69 Å². The Balaban J connectivity index is 2.01. The quantitative estimate of drug-likeness (QED) is 0.917. The topological polar surface area (TPSA) is 41.0 Å². The SMILES string of the molecule is CCN1CCCC1Cn1c(=O)[nH]c2cccc(C)c21. The number of fused-ring (bicyclic) bond motifs is 1. The number of nitrogens with zero attached hydrogens (tertiary/aromatic N) is 2. The summed E-state index contributed by atoms with van der Waals surface area (Å²) in [4.78, 5) is 17.6. The van der Waals surface area contributed by atoms with Crippen molar-refractivity contribution >= 4 is 11.0 Å². The van der Waals surface area contributed by atoms with Crippen LogP contribution in [0.1, 0.15) is 25.3 Å². The number of nitrogens with one attached hydrogen (secondary N) is 1. The van der Waals surface area contributed by atoms with Crippen molar-refractivity contribution in [3.8, 4) is 0 Å². The van der Waals surface area contributed by atoms with E-state index in [0.29, 0.717) is 6.04 Å². The second-order valence-corrected chi connectivity index (χ2v) is 5.44. The van der Waals surface area contributed by atoms with E-state index < -0.39 is 0 Å². The standard InChI is InChI=1S/C15H21N3O/c1-3-17-9-5-7-12(17)10-18-14-11(2)6-4-8-13(14)16-15(18)19/h4,6,8,12H,3,5,7,9-10H2,1-2H3,(H,16,19). The molecule has 1 aliphatic heterocycles. The van der Waals surface area contributed by atoms with Gasteiger partial charge in [-0.1, -0.05) is 19.1 Å². The minimum absolute atomic E-state index is 0.0206. The highest BCUT2D eigenvalue weighted by Gasteiger charge is 2.24. The molecule has 1 aliphatic rings. The normalized spacial score (nSPS) is 20.4. The zero-order valence-electron chi connectivity index (χ0n) is 11.6. The van der Waals surface area contributed by atoms with Gasteiger partial charge in [0.25, 0.3) is 0 Å². The molecule has 1 atom stereocenters. The van der Waals surface area contributed by atoms with Gasteiger partial charge in [0.1, 0.15) is 0 Å². The minimum Gasteiger partial charge on any atom is -0.306 e. The molecule has 1 fully saturated rings. The molecule has 0 saturated carbocycles. The molecule has 4 nitrogen and oxygen atoms in total. The number of hydrogen-bond acceptors (Lipinski definition) is 2. The Morgan fingerprint density at radius 3 is 3.05 bits per heavy atom. The van der Waals surface area contributed by atoms with Gasteiger partial charge in [-0.2, -0.15) is 0 Å². The summed E-state index contributed by atoms with van der Waals surface area (Å²) in [5.74, 6) is 0. The van der Waals surface area contributed by atoms with Crippen LogP contribution in [-0.4, -0.2) is 33.6 Å². The molecule has 3 rings (SSSR count). The molecule has 2 heterocycles. The van der Waals surface area contributed by atoms with Gasteiger partial charge in [-0.25, -0.2) is 4.79 Å². The highest BCUT2D eigenvalue weighted by atomic mass is 16.1. The van der Waals surface area contributed by atoms with E-state index in [0.717, 1.165) is 36.2 Å². The zero-order chi connectivity index (χ0) is 13.4. The molecule has 1 aromatic carbocycles. The molecule has 1 N–H and O–H groups in total. The number of likely N-dealkylation sites (tertiary alicyclic amines) is 1. The predicted octanol–water partition coefficient (Wildman–Crippen LogP) is 2.12. The van der Waals surface area contributed by atoms with Crippen molar-refractivity contribution in [1.29, 1.82) is 0 Å². The van der Waals surface area contributed by atoms with Gasteiger partial charge >= 0.3 is 5.69 Å². The molecular formula is C15H21N3O. The van der Waals surface area contributed by atoms with Gasteiger partial charge in [0.05, 0.1) is 11.0 Å². The van der Waals surface area contributed by atoms with E-state index in [1.807, 2.05) is 16.7 Å². The smallest absolute Gasteiger partial charge is 0.306 e. The van der Waals surface area contributed by atoms with Crippen LogP contribution in [0, 0.1) is 6.92 Å². The molecule has 0 spiro atoms. The molecule has 0 radical (unpaired) electrons. The molecule has 102 valence electrons. The number of aromatic nitrogens is 2. The summed E-state index contributed by atoms with van der Waals surface area (Å²) in [6.45, 7) is 7.30. The van der Waals surface area contributed by atoms with Crippen LogP contribution in [0.5, 0.6) is 0 Å². The fourth-order valence-electron chi connectivity index (χ4n) is 3.31. The lowest BCUT2D eigenvalue weighted by Gasteiger charge is -2.23. The summed E-state index contributed by atoms with van der Waals surface area (Å²) >= 11 is 0. The van der Waals surface area contributed by atoms with E-state index in [1.165, 1.54) is 12.8 Å². The van der Waals surface area contributed by atoms with Crippen LogP contribution in [0.2, 0.25) is 0 Å². The Bertz CT molecular complexity index is 640. The Morgan fingerprint density at radius 1 is 1.42 bits per heavy atom. The molecule has 1 aromatic heterocycles. The molecule has 0 amide bonds. The van der Waals surface area contributed by atoms with Crippen molar-refractivity contribution in [3.05, 3.63) is 34.2 Å². The first-order chi connectivity index (χ1) is 9.20.